The van der Waals surface area contributed by atoms with Crippen LogP contribution in [-0.2, 0) is 10.2 Å². The Morgan fingerprint density at radius 2 is 2.07 bits per heavy atom. The minimum absolute atomic E-state index is 0.146. The molecule has 1 aliphatic carbocycles. The van der Waals surface area contributed by atoms with Crippen molar-refractivity contribution in [2.45, 2.75) is 32.1 Å². The quantitative estimate of drug-likeness (QED) is 0.804. The summed E-state index contributed by atoms with van der Waals surface area (Å²) >= 11 is 3.14. The van der Waals surface area contributed by atoms with Gasteiger partial charge >= 0.3 is 0 Å². The third-order valence-electron chi connectivity index (χ3n) is 3.21. The number of benzene rings is 1. The number of halogens is 2. The first-order chi connectivity index (χ1) is 6.97. The van der Waals surface area contributed by atoms with Crippen LogP contribution >= 0.6 is 15.9 Å². The summed E-state index contributed by atoms with van der Waals surface area (Å²) in [5.41, 5.74) is 1.46. The van der Waals surface area contributed by atoms with E-state index in [0.717, 1.165) is 24.0 Å². The van der Waals surface area contributed by atoms with E-state index in [9.17, 15) is 9.18 Å². The van der Waals surface area contributed by atoms with E-state index < -0.39 is 0 Å². The first-order valence-corrected chi connectivity index (χ1v) is 5.74. The molecule has 0 unspecified atom stereocenters. The van der Waals surface area contributed by atoms with Crippen LogP contribution in [0.2, 0.25) is 0 Å². The molecule has 0 radical (unpaired) electrons. The predicted octanol–water partition coefficient (Wildman–Crippen LogP) is 3.52. The lowest BCUT2D eigenvalue weighted by atomic mass is 9.89. The molecule has 0 spiro atoms. The van der Waals surface area contributed by atoms with Gasteiger partial charge in [0, 0.05) is 0 Å². The second-order valence-corrected chi connectivity index (χ2v) is 5.07. The van der Waals surface area contributed by atoms with Gasteiger partial charge in [-0.2, -0.15) is 0 Å². The zero-order valence-corrected chi connectivity index (χ0v) is 10.3. The maximum atomic E-state index is 13.4. The van der Waals surface area contributed by atoms with Crippen LogP contribution in [-0.4, -0.2) is 5.78 Å². The van der Waals surface area contributed by atoms with Crippen LogP contribution in [0.4, 0.5) is 4.39 Å². The van der Waals surface area contributed by atoms with Crippen LogP contribution in [0, 0.1) is 12.7 Å². The number of aryl methyl sites for hydroxylation is 1. The van der Waals surface area contributed by atoms with E-state index in [2.05, 4.69) is 15.9 Å². The Morgan fingerprint density at radius 3 is 2.53 bits per heavy atom. The molecule has 0 aromatic heterocycles. The van der Waals surface area contributed by atoms with Crippen molar-refractivity contribution in [2.75, 3.05) is 0 Å². The highest BCUT2D eigenvalue weighted by molar-refractivity contribution is 9.10. The molecule has 0 aliphatic heterocycles. The largest absolute Gasteiger partial charge is 0.299 e. The summed E-state index contributed by atoms with van der Waals surface area (Å²) in [7, 11) is 0. The van der Waals surface area contributed by atoms with Crippen molar-refractivity contribution in [3.05, 3.63) is 33.5 Å². The Labute approximate surface area is 96.8 Å². The molecule has 1 aliphatic rings. The van der Waals surface area contributed by atoms with Gasteiger partial charge in [0.15, 0.2) is 0 Å². The molecule has 0 heterocycles. The molecule has 1 aromatic rings. The Morgan fingerprint density at radius 1 is 1.47 bits per heavy atom. The molecule has 1 fully saturated rings. The summed E-state index contributed by atoms with van der Waals surface area (Å²) in [6.45, 7) is 3.51. The Hall–Kier alpha value is -0.700. The smallest absolute Gasteiger partial charge is 0.140 e. The predicted molar refractivity (Wildman–Crippen MR) is 60.4 cm³/mol. The molecule has 15 heavy (non-hydrogen) atoms. The summed E-state index contributed by atoms with van der Waals surface area (Å²) in [6, 6.07) is 3.24. The summed E-state index contributed by atoms with van der Waals surface area (Å²) in [4.78, 5) is 11.5. The number of hydrogen-bond acceptors (Lipinski definition) is 1. The minimum atomic E-state index is -0.383. The molecule has 0 N–H and O–H groups in total. The lowest BCUT2D eigenvalue weighted by molar-refractivity contribution is -0.119. The average Bonchev–Trinajstić information content (AvgIpc) is 2.92. The van der Waals surface area contributed by atoms with Gasteiger partial charge in [0.2, 0.25) is 0 Å². The highest BCUT2D eigenvalue weighted by atomic mass is 79.9. The fraction of sp³-hybridized carbons (Fsp3) is 0.417. The van der Waals surface area contributed by atoms with Gasteiger partial charge in [-0.05, 0) is 65.9 Å². The molecule has 2 rings (SSSR count). The number of Topliss-reactive ketones (excluding diaryl/α,β-unsaturated/α-hetero) is 1. The van der Waals surface area contributed by atoms with Gasteiger partial charge in [0.25, 0.3) is 0 Å². The van der Waals surface area contributed by atoms with E-state index in [1.807, 2.05) is 6.92 Å². The Kier molecular flexibility index (Phi) is 2.45. The van der Waals surface area contributed by atoms with Crippen LogP contribution in [0.15, 0.2) is 16.6 Å². The van der Waals surface area contributed by atoms with E-state index in [1.54, 1.807) is 13.0 Å². The van der Waals surface area contributed by atoms with Crippen molar-refractivity contribution in [2.24, 2.45) is 0 Å². The van der Waals surface area contributed by atoms with Gasteiger partial charge < -0.3 is 0 Å². The SMILES string of the molecule is CC(=O)C1(c2cc(F)c(Br)cc2C)CC1. The van der Waals surface area contributed by atoms with Crippen molar-refractivity contribution < 1.29 is 9.18 Å². The molecule has 3 heteroatoms. The molecule has 1 saturated carbocycles. The first kappa shape index (κ1) is 10.8. The van der Waals surface area contributed by atoms with Crippen molar-refractivity contribution in [1.82, 2.24) is 0 Å². The molecule has 0 atom stereocenters. The fourth-order valence-electron chi connectivity index (χ4n) is 2.10. The highest BCUT2D eigenvalue weighted by Crippen LogP contribution is 2.50. The van der Waals surface area contributed by atoms with Crippen molar-refractivity contribution >= 4 is 21.7 Å². The van der Waals surface area contributed by atoms with E-state index in [1.165, 1.54) is 6.07 Å². The lowest BCUT2D eigenvalue weighted by Crippen LogP contribution is -2.18. The Bertz CT molecular complexity index is 435. The number of carbonyl (C=O) groups excluding carboxylic acids is 1. The summed E-state index contributed by atoms with van der Waals surface area (Å²) < 4.78 is 13.9. The molecular formula is C12H12BrFO. The first-order valence-electron chi connectivity index (χ1n) is 4.94. The molecule has 1 nitrogen and oxygen atoms in total. The van der Waals surface area contributed by atoms with Gasteiger partial charge in [0.05, 0.1) is 9.89 Å². The van der Waals surface area contributed by atoms with Gasteiger partial charge in [-0.3, -0.25) is 4.79 Å². The number of carbonyl (C=O) groups is 1. The van der Waals surface area contributed by atoms with Crippen LogP contribution in [0.5, 0.6) is 0 Å². The molecule has 1 aromatic carbocycles. The van der Waals surface area contributed by atoms with Gasteiger partial charge in [-0.15, -0.1) is 0 Å². The summed E-state index contributed by atoms with van der Waals surface area (Å²) in [6.07, 6.45) is 1.70. The van der Waals surface area contributed by atoms with E-state index in [-0.39, 0.29) is 17.0 Å². The van der Waals surface area contributed by atoms with Crippen LogP contribution in [0.1, 0.15) is 30.9 Å². The third kappa shape index (κ3) is 1.63. The van der Waals surface area contributed by atoms with E-state index >= 15 is 0 Å². The Balaban J connectivity index is 2.54. The zero-order valence-electron chi connectivity index (χ0n) is 8.73. The number of ketones is 1. The molecule has 0 bridgehead atoms. The monoisotopic (exact) mass is 270 g/mol. The normalized spacial score (nSPS) is 17.6. The van der Waals surface area contributed by atoms with Gasteiger partial charge in [-0.1, -0.05) is 0 Å². The second-order valence-electron chi connectivity index (χ2n) is 4.22. The fourth-order valence-corrected chi connectivity index (χ4v) is 2.56. The van der Waals surface area contributed by atoms with Gasteiger partial charge in [-0.25, -0.2) is 4.39 Å². The van der Waals surface area contributed by atoms with Crippen LogP contribution in [0.25, 0.3) is 0 Å². The van der Waals surface area contributed by atoms with Gasteiger partial charge in [0.1, 0.15) is 11.6 Å². The minimum Gasteiger partial charge on any atom is -0.299 e. The van der Waals surface area contributed by atoms with E-state index in [0.29, 0.717) is 4.47 Å². The van der Waals surface area contributed by atoms with E-state index in [4.69, 9.17) is 0 Å². The number of rotatable bonds is 2. The van der Waals surface area contributed by atoms with Crippen molar-refractivity contribution in [3.63, 3.8) is 0 Å². The summed E-state index contributed by atoms with van der Waals surface area (Å²) in [5, 5.41) is 0. The molecule has 0 amide bonds. The van der Waals surface area contributed by atoms with Crippen LogP contribution < -0.4 is 0 Å². The average molecular weight is 271 g/mol. The van der Waals surface area contributed by atoms with Crippen LogP contribution in [0.3, 0.4) is 0 Å². The second kappa shape index (κ2) is 3.41. The molecule has 80 valence electrons. The maximum absolute atomic E-state index is 13.4. The standard InChI is InChI=1S/C12H12BrFO/c1-7-5-10(13)11(14)6-9(7)12(3-4-12)8(2)15/h5-6H,3-4H2,1-2H3. The lowest BCUT2D eigenvalue weighted by Gasteiger charge is -2.15. The summed E-state index contributed by atoms with van der Waals surface area (Å²) in [5.74, 6) is -0.143. The molecular weight excluding hydrogens is 259 g/mol. The third-order valence-corrected chi connectivity index (χ3v) is 3.81. The zero-order chi connectivity index (χ0) is 11.2. The highest BCUT2D eigenvalue weighted by Gasteiger charge is 2.49. The maximum Gasteiger partial charge on any atom is 0.140 e. The molecule has 0 saturated heterocycles. The van der Waals surface area contributed by atoms with Crippen molar-refractivity contribution in [1.29, 1.82) is 0 Å². The van der Waals surface area contributed by atoms with Crippen molar-refractivity contribution in [3.8, 4) is 0 Å². The topological polar surface area (TPSA) is 17.1 Å². The number of hydrogen-bond donors (Lipinski definition) is 0.